The maximum absolute atomic E-state index is 10.4. The van der Waals surface area contributed by atoms with Gasteiger partial charge in [0.1, 0.15) is 0 Å². The van der Waals surface area contributed by atoms with E-state index in [1.165, 1.54) is 12.1 Å². The van der Waals surface area contributed by atoms with Crippen LogP contribution >= 0.6 is 27.5 Å². The van der Waals surface area contributed by atoms with E-state index in [4.69, 9.17) is 11.6 Å². The van der Waals surface area contributed by atoms with Gasteiger partial charge in [0, 0.05) is 14.4 Å². The lowest BCUT2D eigenvalue weighted by Gasteiger charge is -2.05. The van der Waals surface area contributed by atoms with Gasteiger partial charge in [0.15, 0.2) is 0 Å². The average Bonchev–Trinajstić information content (AvgIpc) is 1.85. The molecule has 0 aromatic heterocycles. The number of rotatable bonds is 1. The van der Waals surface area contributed by atoms with Crippen LogP contribution in [0.3, 0.4) is 0 Å². The summed E-state index contributed by atoms with van der Waals surface area (Å²) in [5, 5.41) is 0.401. The Morgan fingerprint density at radius 3 is 2.55 bits per heavy atom. The maximum Gasteiger partial charge on any atom is 0.0428 e. The quantitative estimate of drug-likeness (QED) is 0.722. The lowest BCUT2D eigenvalue weighted by molar-refractivity contribution is 0.537. The molecule has 1 unspecified atom stereocenters. The number of hydrogen-bond donors (Lipinski definition) is 0. The highest BCUT2D eigenvalue weighted by Gasteiger charge is 1.96. The lowest BCUT2D eigenvalue weighted by atomic mass is 10.4. The van der Waals surface area contributed by atoms with Crippen LogP contribution < -0.4 is 0 Å². The standard InChI is InChI=1S/C6H4BrClO2S/c7-4-1-5(8)3-6(2-4)11(9)10/h1-3H,(H,9,10)/p-1. The van der Waals surface area contributed by atoms with E-state index in [-0.39, 0.29) is 4.90 Å². The monoisotopic (exact) mass is 253 g/mol. The molecule has 5 heteroatoms. The third-order valence-corrected chi connectivity index (χ3v) is 2.33. The van der Waals surface area contributed by atoms with E-state index in [0.717, 1.165) is 0 Å². The van der Waals surface area contributed by atoms with Gasteiger partial charge in [0.05, 0.1) is 0 Å². The minimum absolute atomic E-state index is 0.185. The highest BCUT2D eigenvalue weighted by atomic mass is 79.9. The van der Waals surface area contributed by atoms with Crippen molar-refractivity contribution in [3.05, 3.63) is 27.7 Å². The van der Waals surface area contributed by atoms with Gasteiger partial charge >= 0.3 is 0 Å². The van der Waals surface area contributed by atoms with Crippen LogP contribution in [-0.4, -0.2) is 8.76 Å². The van der Waals surface area contributed by atoms with Crippen molar-refractivity contribution in [2.24, 2.45) is 0 Å². The van der Waals surface area contributed by atoms with Crippen LogP contribution in [0, 0.1) is 0 Å². The first-order chi connectivity index (χ1) is 5.09. The maximum atomic E-state index is 10.4. The molecular formula is C6H3BrClO2S-. The zero-order chi connectivity index (χ0) is 8.43. The molecule has 0 N–H and O–H groups in total. The van der Waals surface area contributed by atoms with Crippen molar-refractivity contribution in [3.63, 3.8) is 0 Å². The van der Waals surface area contributed by atoms with E-state index in [1.807, 2.05) is 0 Å². The van der Waals surface area contributed by atoms with Crippen LogP contribution in [-0.2, 0) is 11.1 Å². The predicted molar refractivity (Wildman–Crippen MR) is 46.3 cm³/mol. The summed E-state index contributed by atoms with van der Waals surface area (Å²) in [6.07, 6.45) is 0. The minimum atomic E-state index is -2.21. The number of hydrogen-bond acceptors (Lipinski definition) is 2. The Morgan fingerprint density at radius 2 is 2.09 bits per heavy atom. The van der Waals surface area contributed by atoms with Crippen LogP contribution in [0.5, 0.6) is 0 Å². The average molecular weight is 255 g/mol. The topological polar surface area (TPSA) is 40.1 Å². The van der Waals surface area contributed by atoms with Crippen LogP contribution in [0.2, 0.25) is 5.02 Å². The minimum Gasteiger partial charge on any atom is -0.768 e. The molecule has 11 heavy (non-hydrogen) atoms. The van der Waals surface area contributed by atoms with Crippen LogP contribution in [0.25, 0.3) is 0 Å². The second-order valence-corrected chi connectivity index (χ2v) is 4.13. The second kappa shape index (κ2) is 3.67. The Kier molecular flexibility index (Phi) is 3.06. The Bertz CT molecular complexity index is 282. The molecule has 0 saturated carbocycles. The third kappa shape index (κ3) is 2.56. The molecule has 1 aromatic rings. The van der Waals surface area contributed by atoms with Crippen LogP contribution in [0.1, 0.15) is 0 Å². The smallest absolute Gasteiger partial charge is 0.0428 e. The molecule has 0 saturated heterocycles. The fourth-order valence-electron chi connectivity index (χ4n) is 0.625. The Hall–Kier alpha value is 0.1000. The molecular weight excluding hydrogens is 251 g/mol. The molecule has 0 heterocycles. The predicted octanol–water partition coefficient (Wildman–Crippen LogP) is 2.34. The van der Waals surface area contributed by atoms with Gasteiger partial charge in [0.2, 0.25) is 0 Å². The van der Waals surface area contributed by atoms with E-state index in [9.17, 15) is 8.76 Å². The molecule has 0 aliphatic carbocycles. The van der Waals surface area contributed by atoms with E-state index < -0.39 is 11.1 Å². The lowest BCUT2D eigenvalue weighted by Crippen LogP contribution is -1.87. The van der Waals surface area contributed by atoms with E-state index in [1.54, 1.807) is 6.07 Å². The van der Waals surface area contributed by atoms with Crippen molar-refractivity contribution in [1.29, 1.82) is 0 Å². The Labute approximate surface area is 80.0 Å². The normalized spacial score (nSPS) is 13.0. The van der Waals surface area contributed by atoms with Gasteiger partial charge in [-0.05, 0) is 29.3 Å². The van der Waals surface area contributed by atoms with Gasteiger partial charge in [-0.2, -0.15) is 0 Å². The fourth-order valence-corrected chi connectivity index (χ4v) is 2.15. The third-order valence-electron chi connectivity index (χ3n) is 1.03. The molecule has 0 spiro atoms. The molecule has 1 aromatic carbocycles. The molecule has 0 bridgehead atoms. The van der Waals surface area contributed by atoms with E-state index >= 15 is 0 Å². The highest BCUT2D eigenvalue weighted by molar-refractivity contribution is 9.10. The fraction of sp³-hybridized carbons (Fsp3) is 0. The molecule has 0 aliphatic rings. The first-order valence-corrected chi connectivity index (χ1v) is 4.89. The molecule has 60 valence electrons. The largest absolute Gasteiger partial charge is 0.768 e. The number of halogens is 2. The summed E-state index contributed by atoms with van der Waals surface area (Å²) in [6.45, 7) is 0. The summed E-state index contributed by atoms with van der Waals surface area (Å²) < 4.78 is 21.5. The zero-order valence-corrected chi connectivity index (χ0v) is 8.37. The summed E-state index contributed by atoms with van der Waals surface area (Å²) in [6, 6.07) is 4.49. The molecule has 1 rings (SSSR count). The number of benzene rings is 1. The zero-order valence-electron chi connectivity index (χ0n) is 5.21. The Morgan fingerprint density at radius 1 is 1.45 bits per heavy atom. The molecule has 0 amide bonds. The summed E-state index contributed by atoms with van der Waals surface area (Å²) in [4.78, 5) is 0.185. The van der Waals surface area contributed by atoms with Crippen molar-refractivity contribution in [1.82, 2.24) is 0 Å². The summed E-state index contributed by atoms with van der Waals surface area (Å²) >= 11 is 6.50. The van der Waals surface area contributed by atoms with Crippen molar-refractivity contribution in [3.8, 4) is 0 Å². The first-order valence-electron chi connectivity index (χ1n) is 2.65. The highest BCUT2D eigenvalue weighted by Crippen LogP contribution is 2.20. The molecule has 0 aliphatic heterocycles. The van der Waals surface area contributed by atoms with Crippen LogP contribution in [0.4, 0.5) is 0 Å². The van der Waals surface area contributed by atoms with Crippen molar-refractivity contribution in [2.75, 3.05) is 0 Å². The summed E-state index contributed by atoms with van der Waals surface area (Å²) in [7, 11) is 0. The summed E-state index contributed by atoms with van der Waals surface area (Å²) in [5.41, 5.74) is 0. The van der Waals surface area contributed by atoms with E-state index in [0.29, 0.717) is 9.50 Å². The molecule has 0 radical (unpaired) electrons. The SMILES string of the molecule is O=S([O-])c1cc(Cl)cc(Br)c1. The van der Waals surface area contributed by atoms with Gasteiger partial charge in [0.25, 0.3) is 0 Å². The van der Waals surface area contributed by atoms with Gasteiger partial charge in [-0.25, -0.2) is 0 Å². The van der Waals surface area contributed by atoms with Gasteiger partial charge < -0.3 is 4.55 Å². The van der Waals surface area contributed by atoms with Gasteiger partial charge in [-0.3, -0.25) is 4.21 Å². The van der Waals surface area contributed by atoms with Crippen LogP contribution in [0.15, 0.2) is 27.6 Å². The second-order valence-electron chi connectivity index (χ2n) is 1.84. The molecule has 1 atom stereocenters. The van der Waals surface area contributed by atoms with Crippen molar-refractivity contribution >= 4 is 38.6 Å². The van der Waals surface area contributed by atoms with Crippen molar-refractivity contribution < 1.29 is 8.76 Å². The van der Waals surface area contributed by atoms with E-state index in [2.05, 4.69) is 15.9 Å². The van der Waals surface area contributed by atoms with Gasteiger partial charge in [-0.15, -0.1) is 0 Å². The molecule has 0 fully saturated rings. The first kappa shape index (κ1) is 9.19. The molecule has 2 nitrogen and oxygen atoms in total. The van der Waals surface area contributed by atoms with Gasteiger partial charge in [-0.1, -0.05) is 27.5 Å². The van der Waals surface area contributed by atoms with Crippen molar-refractivity contribution in [2.45, 2.75) is 4.90 Å². The summed E-state index contributed by atoms with van der Waals surface area (Å²) in [5.74, 6) is 0. The Balaban J connectivity index is 3.19.